The molecule has 0 aliphatic carbocycles. The van der Waals surface area contributed by atoms with Gasteiger partial charge in [-0.1, -0.05) is 24.3 Å². The minimum Gasteiger partial charge on any atom is -0.493 e. The van der Waals surface area contributed by atoms with Gasteiger partial charge in [-0.05, 0) is 23.3 Å². The van der Waals surface area contributed by atoms with Gasteiger partial charge in [-0.3, -0.25) is 4.79 Å². The second kappa shape index (κ2) is 8.94. The molecule has 1 amide bonds. The van der Waals surface area contributed by atoms with E-state index in [0.717, 1.165) is 11.1 Å². The Balaban J connectivity index is 1.76. The normalized spacial score (nSPS) is 10.4. The first kappa shape index (κ1) is 19.3. The van der Waals surface area contributed by atoms with Crippen molar-refractivity contribution in [1.82, 2.24) is 14.9 Å². The summed E-state index contributed by atoms with van der Waals surface area (Å²) in [4.78, 5) is 16.8. The lowest BCUT2D eigenvalue weighted by Crippen LogP contribution is -2.23. The number of hydrogen-bond donors (Lipinski definition) is 1. The fourth-order valence-corrected chi connectivity index (χ4v) is 2.95. The van der Waals surface area contributed by atoms with E-state index in [0.29, 0.717) is 35.9 Å². The van der Waals surface area contributed by atoms with Crippen LogP contribution >= 0.6 is 0 Å². The van der Waals surface area contributed by atoms with Gasteiger partial charge in [0.1, 0.15) is 0 Å². The minimum atomic E-state index is -0.225. The first-order chi connectivity index (χ1) is 13.7. The summed E-state index contributed by atoms with van der Waals surface area (Å²) in [5, 5.41) is 2.96. The van der Waals surface area contributed by atoms with Crippen molar-refractivity contribution in [3.8, 4) is 17.2 Å². The van der Waals surface area contributed by atoms with Gasteiger partial charge in [0.05, 0.1) is 27.7 Å². The molecule has 3 aromatic rings. The maximum absolute atomic E-state index is 12.7. The molecule has 1 aromatic heterocycles. The van der Waals surface area contributed by atoms with Gasteiger partial charge in [0.2, 0.25) is 5.75 Å². The van der Waals surface area contributed by atoms with E-state index in [4.69, 9.17) is 14.2 Å². The highest BCUT2D eigenvalue weighted by molar-refractivity contribution is 5.95. The number of benzene rings is 2. The highest BCUT2D eigenvalue weighted by Gasteiger charge is 2.17. The van der Waals surface area contributed by atoms with Crippen molar-refractivity contribution in [2.45, 2.75) is 13.1 Å². The van der Waals surface area contributed by atoms with Crippen LogP contribution < -0.4 is 19.5 Å². The van der Waals surface area contributed by atoms with Gasteiger partial charge in [0.25, 0.3) is 5.91 Å². The molecule has 0 unspecified atom stereocenters. The van der Waals surface area contributed by atoms with Crippen molar-refractivity contribution >= 4 is 5.91 Å². The molecule has 1 heterocycles. The molecule has 1 N–H and O–H groups in total. The minimum absolute atomic E-state index is 0.225. The topological polar surface area (TPSA) is 74.6 Å². The maximum Gasteiger partial charge on any atom is 0.251 e. The number of aromatic nitrogens is 2. The fraction of sp³-hybridized carbons (Fsp3) is 0.238. The number of nitrogens with one attached hydrogen (secondary N) is 1. The van der Waals surface area contributed by atoms with Crippen molar-refractivity contribution in [1.29, 1.82) is 0 Å². The molecule has 2 aromatic carbocycles. The van der Waals surface area contributed by atoms with Gasteiger partial charge in [-0.2, -0.15) is 0 Å². The van der Waals surface area contributed by atoms with E-state index in [1.165, 1.54) is 21.3 Å². The summed E-state index contributed by atoms with van der Waals surface area (Å²) in [6.45, 7) is 1.09. The average molecular weight is 381 g/mol. The van der Waals surface area contributed by atoms with E-state index in [1.54, 1.807) is 24.7 Å². The SMILES string of the molecule is COc1cc(C(=O)NCc2ccccc2Cn2ccnc2)cc(OC)c1OC. The molecular weight excluding hydrogens is 358 g/mol. The van der Waals surface area contributed by atoms with Gasteiger partial charge >= 0.3 is 0 Å². The summed E-state index contributed by atoms with van der Waals surface area (Å²) in [5.41, 5.74) is 2.59. The molecule has 28 heavy (non-hydrogen) atoms. The van der Waals surface area contributed by atoms with Crippen LogP contribution in [0.1, 0.15) is 21.5 Å². The summed E-state index contributed by atoms with van der Waals surface area (Å²) < 4.78 is 17.9. The van der Waals surface area contributed by atoms with Crippen LogP contribution in [0.4, 0.5) is 0 Å². The molecule has 0 aliphatic rings. The largest absolute Gasteiger partial charge is 0.493 e. The van der Waals surface area contributed by atoms with Gasteiger partial charge in [-0.25, -0.2) is 4.98 Å². The van der Waals surface area contributed by atoms with Crippen LogP contribution in [-0.4, -0.2) is 36.8 Å². The third kappa shape index (κ3) is 4.25. The number of methoxy groups -OCH3 is 3. The monoisotopic (exact) mass is 381 g/mol. The Morgan fingerprint density at radius 3 is 2.29 bits per heavy atom. The van der Waals surface area contributed by atoms with Crippen LogP contribution in [-0.2, 0) is 13.1 Å². The van der Waals surface area contributed by atoms with Crippen molar-refractivity contribution < 1.29 is 19.0 Å². The quantitative estimate of drug-likeness (QED) is 0.649. The average Bonchev–Trinajstić information content (AvgIpc) is 3.24. The standard InChI is InChI=1S/C21H23N3O4/c1-26-18-10-17(11-19(27-2)20(18)28-3)21(25)23-12-15-6-4-5-7-16(15)13-24-9-8-22-14-24/h4-11,14H,12-13H2,1-3H3,(H,23,25). The number of ether oxygens (including phenoxy) is 3. The van der Waals surface area contributed by atoms with E-state index >= 15 is 0 Å². The smallest absolute Gasteiger partial charge is 0.251 e. The molecule has 0 aliphatic heterocycles. The van der Waals surface area contributed by atoms with Crippen LogP contribution in [0.25, 0.3) is 0 Å². The first-order valence-corrected chi connectivity index (χ1v) is 8.77. The summed E-state index contributed by atoms with van der Waals surface area (Å²) >= 11 is 0. The van der Waals surface area contributed by atoms with E-state index < -0.39 is 0 Å². The van der Waals surface area contributed by atoms with Gasteiger partial charge in [0.15, 0.2) is 11.5 Å². The van der Waals surface area contributed by atoms with E-state index in [2.05, 4.69) is 10.3 Å². The molecule has 7 nitrogen and oxygen atoms in total. The van der Waals surface area contributed by atoms with Gasteiger partial charge in [0, 0.05) is 31.0 Å². The van der Waals surface area contributed by atoms with Crippen LogP contribution in [0.15, 0.2) is 55.1 Å². The highest BCUT2D eigenvalue weighted by atomic mass is 16.5. The second-order valence-electron chi connectivity index (χ2n) is 6.10. The molecule has 0 atom stereocenters. The number of nitrogens with zero attached hydrogens (tertiary/aromatic N) is 2. The van der Waals surface area contributed by atoms with Crippen molar-refractivity contribution in [3.63, 3.8) is 0 Å². The Bertz CT molecular complexity index is 914. The van der Waals surface area contributed by atoms with Crippen LogP contribution in [0.2, 0.25) is 0 Å². The molecular formula is C21H23N3O4. The second-order valence-corrected chi connectivity index (χ2v) is 6.10. The Kier molecular flexibility index (Phi) is 6.16. The number of carbonyl (C=O) groups excluding carboxylic acids is 1. The molecule has 3 rings (SSSR count). The molecule has 146 valence electrons. The summed E-state index contributed by atoms with van der Waals surface area (Å²) in [7, 11) is 4.56. The molecule has 0 spiro atoms. The molecule has 0 fully saturated rings. The number of carbonyl (C=O) groups is 1. The number of hydrogen-bond acceptors (Lipinski definition) is 5. The van der Waals surface area contributed by atoms with Gasteiger partial charge in [-0.15, -0.1) is 0 Å². The number of amides is 1. The van der Waals surface area contributed by atoms with E-state index in [-0.39, 0.29) is 5.91 Å². The zero-order chi connectivity index (χ0) is 19.9. The Morgan fingerprint density at radius 1 is 1.04 bits per heavy atom. The molecule has 0 saturated carbocycles. The highest BCUT2D eigenvalue weighted by Crippen LogP contribution is 2.38. The van der Waals surface area contributed by atoms with Crippen molar-refractivity contribution in [3.05, 3.63) is 71.8 Å². The zero-order valence-electron chi connectivity index (χ0n) is 16.1. The maximum atomic E-state index is 12.7. The Labute approximate surface area is 163 Å². The summed E-state index contributed by atoms with van der Waals surface area (Å²) in [6.07, 6.45) is 5.42. The first-order valence-electron chi connectivity index (χ1n) is 8.77. The number of rotatable bonds is 8. The van der Waals surface area contributed by atoms with E-state index in [1.807, 2.05) is 35.0 Å². The van der Waals surface area contributed by atoms with Gasteiger partial charge < -0.3 is 24.1 Å². The summed E-state index contributed by atoms with van der Waals surface area (Å²) in [6, 6.07) is 11.2. The van der Waals surface area contributed by atoms with Crippen LogP contribution in [0, 0.1) is 0 Å². The van der Waals surface area contributed by atoms with Crippen molar-refractivity contribution in [2.75, 3.05) is 21.3 Å². The third-order valence-electron chi connectivity index (χ3n) is 4.40. The van der Waals surface area contributed by atoms with Crippen LogP contribution in [0.3, 0.4) is 0 Å². The Morgan fingerprint density at radius 2 is 1.71 bits per heavy atom. The Hall–Kier alpha value is -3.48. The van der Waals surface area contributed by atoms with E-state index in [9.17, 15) is 4.79 Å². The third-order valence-corrected chi connectivity index (χ3v) is 4.40. The molecule has 0 radical (unpaired) electrons. The van der Waals surface area contributed by atoms with Crippen molar-refractivity contribution in [2.24, 2.45) is 0 Å². The predicted octanol–water partition coefficient (Wildman–Crippen LogP) is 2.89. The molecule has 0 bridgehead atoms. The molecule has 7 heteroatoms. The lowest BCUT2D eigenvalue weighted by molar-refractivity contribution is 0.0950. The lowest BCUT2D eigenvalue weighted by Gasteiger charge is -2.15. The van der Waals surface area contributed by atoms with Crippen LogP contribution in [0.5, 0.6) is 17.2 Å². The molecule has 0 saturated heterocycles. The fourth-order valence-electron chi connectivity index (χ4n) is 2.95. The lowest BCUT2D eigenvalue weighted by atomic mass is 10.1. The zero-order valence-corrected chi connectivity index (χ0v) is 16.1. The summed E-state index contributed by atoms with van der Waals surface area (Å²) in [5.74, 6) is 1.10. The number of imidazole rings is 1. The predicted molar refractivity (Wildman–Crippen MR) is 105 cm³/mol.